The van der Waals surface area contributed by atoms with Crippen LogP contribution in [-0.4, -0.2) is 21.7 Å². The van der Waals surface area contributed by atoms with Crippen molar-refractivity contribution in [1.82, 2.24) is 10.2 Å². The van der Waals surface area contributed by atoms with Crippen LogP contribution in [0.1, 0.15) is 11.7 Å². The summed E-state index contributed by atoms with van der Waals surface area (Å²) in [5, 5.41) is 15.7. The molecule has 1 rings (SSSR count). The number of H-pyrrole nitrogens is 1. The van der Waals surface area contributed by atoms with Crippen molar-refractivity contribution in [2.75, 3.05) is 6.54 Å². The topological polar surface area (TPSA) is 97.8 Å². The lowest BCUT2D eigenvalue weighted by molar-refractivity contribution is -0.390. The molecule has 0 saturated heterocycles. The minimum Gasteiger partial charge on any atom is -0.358 e. The van der Waals surface area contributed by atoms with Crippen LogP contribution in [0.4, 0.5) is 10.2 Å². The highest BCUT2D eigenvalue weighted by atomic mass is 19.1. The number of aromatic nitrogens is 2. The number of hydrogen-bond acceptors (Lipinski definition) is 4. The van der Waals surface area contributed by atoms with E-state index in [0.717, 1.165) is 6.20 Å². The van der Waals surface area contributed by atoms with Crippen LogP contribution >= 0.6 is 0 Å². The van der Waals surface area contributed by atoms with E-state index in [1.807, 2.05) is 0 Å². The van der Waals surface area contributed by atoms with Crippen molar-refractivity contribution in [3.63, 3.8) is 0 Å². The van der Waals surface area contributed by atoms with E-state index >= 15 is 0 Å². The molecule has 7 heteroatoms. The van der Waals surface area contributed by atoms with Gasteiger partial charge < -0.3 is 15.8 Å². The van der Waals surface area contributed by atoms with Crippen molar-refractivity contribution < 1.29 is 9.31 Å². The lowest BCUT2D eigenvalue weighted by atomic mass is 10.2. The van der Waals surface area contributed by atoms with Gasteiger partial charge in [-0.2, -0.15) is 0 Å². The highest BCUT2D eigenvalue weighted by Crippen LogP contribution is 2.23. The second kappa shape index (κ2) is 3.26. The molecule has 6 nitrogen and oxygen atoms in total. The molecule has 1 heterocycles. The van der Waals surface area contributed by atoms with E-state index in [1.165, 1.54) is 0 Å². The van der Waals surface area contributed by atoms with Gasteiger partial charge in [0.1, 0.15) is 11.7 Å². The van der Waals surface area contributed by atoms with Gasteiger partial charge in [-0.3, -0.25) is 0 Å². The van der Waals surface area contributed by atoms with Gasteiger partial charge in [-0.1, -0.05) is 5.10 Å². The number of halogens is 1. The van der Waals surface area contributed by atoms with Crippen LogP contribution < -0.4 is 5.73 Å². The number of rotatable bonds is 3. The Balaban J connectivity index is 2.98. The van der Waals surface area contributed by atoms with Gasteiger partial charge in [0, 0.05) is 6.54 Å². The van der Waals surface area contributed by atoms with Gasteiger partial charge >= 0.3 is 5.82 Å². The minimum absolute atomic E-state index is 0.109. The Morgan fingerprint density at radius 2 is 2.58 bits per heavy atom. The maximum absolute atomic E-state index is 12.8. The molecule has 0 fully saturated rings. The molecule has 12 heavy (non-hydrogen) atoms. The van der Waals surface area contributed by atoms with Crippen LogP contribution in [-0.2, 0) is 0 Å². The number of nitrogens with zero attached hydrogens (tertiary/aromatic N) is 2. The van der Waals surface area contributed by atoms with Gasteiger partial charge in [0.15, 0.2) is 0 Å². The molecule has 0 saturated carbocycles. The molecule has 0 aliphatic carbocycles. The molecule has 0 aliphatic rings. The highest BCUT2D eigenvalue weighted by molar-refractivity contribution is 5.31. The van der Waals surface area contributed by atoms with Crippen LogP contribution in [0.5, 0.6) is 0 Å². The van der Waals surface area contributed by atoms with Crippen LogP contribution in [0.15, 0.2) is 6.20 Å². The molecular formula is C5H7FN4O2. The van der Waals surface area contributed by atoms with Crippen molar-refractivity contribution in [3.05, 3.63) is 21.9 Å². The average Bonchev–Trinajstić information content (AvgIpc) is 2.50. The third-order valence-electron chi connectivity index (χ3n) is 1.37. The standard InChI is InChI=1S/C5H7FN4O2/c6-4(1-7)3-2-8-9-5(3)10(11)12/h2,4H,1,7H2,(H,8,9). The summed E-state index contributed by atoms with van der Waals surface area (Å²) in [6.45, 7) is -0.291. The average molecular weight is 174 g/mol. The molecule has 0 radical (unpaired) electrons. The maximum Gasteiger partial charge on any atom is 0.348 e. The first-order valence-corrected chi connectivity index (χ1v) is 3.18. The summed E-state index contributed by atoms with van der Waals surface area (Å²) in [5.41, 5.74) is 4.88. The SMILES string of the molecule is NCC(F)c1cn[nH]c1[N+](=O)[O-]. The Hall–Kier alpha value is -1.50. The molecule has 0 aromatic carbocycles. The first kappa shape index (κ1) is 8.60. The third-order valence-corrected chi connectivity index (χ3v) is 1.37. The number of nitrogens with two attached hydrogens (primary N) is 1. The van der Waals surface area contributed by atoms with Gasteiger partial charge in [-0.15, -0.1) is 5.10 Å². The first-order valence-electron chi connectivity index (χ1n) is 3.18. The summed E-state index contributed by atoms with van der Waals surface area (Å²) < 4.78 is 12.8. The smallest absolute Gasteiger partial charge is 0.348 e. The fraction of sp³-hybridized carbons (Fsp3) is 0.400. The second-order valence-corrected chi connectivity index (χ2v) is 2.13. The molecule has 66 valence electrons. The van der Waals surface area contributed by atoms with E-state index in [1.54, 1.807) is 0 Å². The predicted molar refractivity (Wildman–Crippen MR) is 38.1 cm³/mol. The Bertz CT molecular complexity index is 287. The Kier molecular flexibility index (Phi) is 2.34. The summed E-state index contributed by atoms with van der Waals surface area (Å²) in [7, 11) is 0. The number of hydrogen-bond donors (Lipinski definition) is 2. The third kappa shape index (κ3) is 1.40. The molecular weight excluding hydrogens is 167 g/mol. The molecule has 1 aromatic heterocycles. The summed E-state index contributed by atoms with van der Waals surface area (Å²) in [6, 6.07) is 0. The van der Waals surface area contributed by atoms with Crippen LogP contribution in [0.3, 0.4) is 0 Å². The van der Waals surface area contributed by atoms with E-state index in [2.05, 4.69) is 10.2 Å². The van der Waals surface area contributed by atoms with E-state index < -0.39 is 16.9 Å². The lowest BCUT2D eigenvalue weighted by Crippen LogP contribution is -2.08. The van der Waals surface area contributed by atoms with E-state index in [4.69, 9.17) is 5.73 Å². The lowest BCUT2D eigenvalue weighted by Gasteiger charge is -2.00. The molecule has 1 atom stereocenters. The molecule has 0 amide bonds. The van der Waals surface area contributed by atoms with Gasteiger partial charge in [-0.25, -0.2) is 4.39 Å². The Morgan fingerprint density at radius 3 is 3.08 bits per heavy atom. The van der Waals surface area contributed by atoms with Crippen molar-refractivity contribution >= 4 is 5.82 Å². The van der Waals surface area contributed by atoms with E-state index in [9.17, 15) is 14.5 Å². The number of alkyl halides is 1. The first-order chi connectivity index (χ1) is 5.66. The van der Waals surface area contributed by atoms with Gasteiger partial charge in [0.25, 0.3) is 0 Å². The monoisotopic (exact) mass is 174 g/mol. The van der Waals surface area contributed by atoms with Crippen molar-refractivity contribution in [2.45, 2.75) is 6.17 Å². The van der Waals surface area contributed by atoms with Crippen LogP contribution in [0, 0.1) is 10.1 Å². The molecule has 1 unspecified atom stereocenters. The van der Waals surface area contributed by atoms with E-state index in [-0.39, 0.29) is 12.1 Å². The largest absolute Gasteiger partial charge is 0.358 e. The fourth-order valence-electron chi connectivity index (χ4n) is 0.791. The normalized spacial score (nSPS) is 12.8. The van der Waals surface area contributed by atoms with Crippen molar-refractivity contribution in [2.24, 2.45) is 5.73 Å². The molecule has 0 bridgehead atoms. The van der Waals surface area contributed by atoms with Gasteiger partial charge in [0.05, 0.1) is 6.20 Å². The number of nitro groups is 1. The molecule has 3 N–H and O–H groups in total. The quantitative estimate of drug-likeness (QED) is 0.508. The molecule has 0 aliphatic heterocycles. The summed E-state index contributed by atoms with van der Waals surface area (Å²) in [5.74, 6) is -0.437. The minimum atomic E-state index is -1.54. The predicted octanol–water partition coefficient (Wildman–Crippen LogP) is 0.287. The Labute approximate surface area is 66.7 Å². The summed E-state index contributed by atoms with van der Waals surface area (Å²) in [6.07, 6.45) is -0.473. The number of aromatic amines is 1. The van der Waals surface area contributed by atoms with E-state index in [0.29, 0.717) is 0 Å². The van der Waals surface area contributed by atoms with Crippen LogP contribution in [0.25, 0.3) is 0 Å². The van der Waals surface area contributed by atoms with Gasteiger partial charge in [0.2, 0.25) is 0 Å². The zero-order chi connectivity index (χ0) is 9.14. The van der Waals surface area contributed by atoms with Crippen LogP contribution in [0.2, 0.25) is 0 Å². The summed E-state index contributed by atoms with van der Waals surface area (Å²) >= 11 is 0. The number of nitrogens with one attached hydrogen (secondary N) is 1. The highest BCUT2D eigenvalue weighted by Gasteiger charge is 2.21. The molecule has 0 spiro atoms. The molecule has 1 aromatic rings. The maximum atomic E-state index is 12.8. The zero-order valence-corrected chi connectivity index (χ0v) is 6.03. The summed E-state index contributed by atoms with van der Waals surface area (Å²) in [4.78, 5) is 9.50. The Morgan fingerprint density at radius 1 is 1.92 bits per heavy atom. The van der Waals surface area contributed by atoms with Crippen molar-refractivity contribution in [1.29, 1.82) is 0 Å². The zero-order valence-electron chi connectivity index (χ0n) is 6.03. The van der Waals surface area contributed by atoms with Crippen molar-refractivity contribution in [3.8, 4) is 0 Å². The second-order valence-electron chi connectivity index (χ2n) is 2.13. The van der Waals surface area contributed by atoms with Gasteiger partial charge in [-0.05, 0) is 4.92 Å². The fourth-order valence-corrected chi connectivity index (χ4v) is 0.791.